The zero-order valence-corrected chi connectivity index (χ0v) is 13.9. The molecule has 0 unspecified atom stereocenters. The van der Waals surface area contributed by atoms with Crippen LogP contribution >= 0.6 is 0 Å². The molecule has 0 atom stereocenters. The molecule has 124 valence electrons. The first-order valence-electron chi connectivity index (χ1n) is 8.57. The van der Waals surface area contributed by atoms with Gasteiger partial charge in [0.25, 0.3) is 0 Å². The number of carbonyl (C=O) groups excluding carboxylic acids is 1. The van der Waals surface area contributed by atoms with Crippen molar-refractivity contribution < 1.29 is 4.79 Å². The Morgan fingerprint density at radius 3 is 2.65 bits per heavy atom. The minimum atomic E-state index is 0.281. The van der Waals surface area contributed by atoms with Crippen LogP contribution in [0.25, 0.3) is 0 Å². The van der Waals surface area contributed by atoms with Gasteiger partial charge in [0.05, 0.1) is 0 Å². The molecule has 0 saturated carbocycles. The Labute approximate surface area is 138 Å². The molecule has 23 heavy (non-hydrogen) atoms. The summed E-state index contributed by atoms with van der Waals surface area (Å²) in [6, 6.07) is 8.49. The van der Waals surface area contributed by atoms with Crippen molar-refractivity contribution in [1.82, 2.24) is 15.1 Å². The normalized spacial score (nSPS) is 18.8. The topological polar surface area (TPSA) is 47.9 Å². The van der Waals surface area contributed by atoms with Crippen molar-refractivity contribution >= 4 is 11.9 Å². The molecule has 1 aromatic rings. The van der Waals surface area contributed by atoms with Crippen molar-refractivity contribution in [2.45, 2.75) is 38.8 Å². The number of nitrogens with zero attached hydrogens (tertiary/aromatic N) is 3. The molecule has 2 aliphatic rings. The number of hydrogen-bond donors (Lipinski definition) is 1. The molecule has 3 rings (SSSR count). The van der Waals surface area contributed by atoms with Crippen LogP contribution in [0.5, 0.6) is 0 Å². The van der Waals surface area contributed by atoms with Crippen LogP contribution in [0.15, 0.2) is 29.3 Å². The largest absolute Gasteiger partial charge is 0.352 e. The van der Waals surface area contributed by atoms with E-state index in [4.69, 9.17) is 0 Å². The number of guanidine groups is 1. The second-order valence-electron chi connectivity index (χ2n) is 6.33. The molecule has 0 aliphatic carbocycles. The van der Waals surface area contributed by atoms with E-state index in [1.54, 1.807) is 0 Å². The van der Waals surface area contributed by atoms with Gasteiger partial charge in [-0.05, 0) is 30.4 Å². The van der Waals surface area contributed by atoms with Crippen molar-refractivity contribution in [2.75, 3.05) is 26.7 Å². The van der Waals surface area contributed by atoms with Crippen LogP contribution in [0.2, 0.25) is 0 Å². The van der Waals surface area contributed by atoms with E-state index in [1.165, 1.54) is 24.0 Å². The van der Waals surface area contributed by atoms with Gasteiger partial charge < -0.3 is 15.1 Å². The summed E-state index contributed by atoms with van der Waals surface area (Å²) in [5.41, 5.74) is 2.44. The average Bonchev–Trinajstić information content (AvgIpc) is 3.22. The molecule has 1 aromatic carbocycles. The van der Waals surface area contributed by atoms with E-state index >= 15 is 0 Å². The van der Waals surface area contributed by atoms with Gasteiger partial charge in [-0.1, -0.05) is 24.3 Å². The van der Waals surface area contributed by atoms with Crippen molar-refractivity contribution in [3.63, 3.8) is 0 Å². The summed E-state index contributed by atoms with van der Waals surface area (Å²) in [7, 11) is 1.84. The lowest BCUT2D eigenvalue weighted by Gasteiger charge is -2.21. The van der Waals surface area contributed by atoms with Crippen LogP contribution in [-0.4, -0.2) is 48.3 Å². The summed E-state index contributed by atoms with van der Waals surface area (Å²) < 4.78 is 0. The maximum Gasteiger partial charge on any atom is 0.222 e. The lowest BCUT2D eigenvalue weighted by Crippen LogP contribution is -2.39. The van der Waals surface area contributed by atoms with E-state index in [-0.39, 0.29) is 5.91 Å². The van der Waals surface area contributed by atoms with Gasteiger partial charge in [0.2, 0.25) is 5.91 Å². The van der Waals surface area contributed by atoms with Gasteiger partial charge in [-0.25, -0.2) is 0 Å². The summed E-state index contributed by atoms with van der Waals surface area (Å²) in [5.74, 6) is 1.27. The van der Waals surface area contributed by atoms with Crippen LogP contribution < -0.4 is 5.32 Å². The highest BCUT2D eigenvalue weighted by atomic mass is 16.2. The van der Waals surface area contributed by atoms with Crippen LogP contribution in [-0.2, 0) is 17.9 Å². The molecular weight excluding hydrogens is 288 g/mol. The Morgan fingerprint density at radius 2 is 1.96 bits per heavy atom. The number of carbonyl (C=O) groups is 1. The van der Waals surface area contributed by atoms with Gasteiger partial charge >= 0.3 is 0 Å². The smallest absolute Gasteiger partial charge is 0.222 e. The fourth-order valence-electron chi connectivity index (χ4n) is 3.37. The highest BCUT2D eigenvalue weighted by Crippen LogP contribution is 2.15. The highest BCUT2D eigenvalue weighted by molar-refractivity contribution is 5.80. The maximum atomic E-state index is 11.8. The van der Waals surface area contributed by atoms with Gasteiger partial charge in [0.1, 0.15) is 0 Å². The summed E-state index contributed by atoms with van der Waals surface area (Å²) in [6.45, 7) is 4.58. The summed E-state index contributed by atoms with van der Waals surface area (Å²) in [4.78, 5) is 20.4. The number of nitrogens with one attached hydrogen (secondary N) is 1. The van der Waals surface area contributed by atoms with Gasteiger partial charge in [-0.2, -0.15) is 0 Å². The maximum absolute atomic E-state index is 11.8. The fourth-order valence-corrected chi connectivity index (χ4v) is 3.37. The van der Waals surface area contributed by atoms with Crippen LogP contribution in [0.4, 0.5) is 0 Å². The third-order valence-corrected chi connectivity index (χ3v) is 4.60. The summed E-state index contributed by atoms with van der Waals surface area (Å²) in [6.07, 6.45) is 4.19. The number of hydrogen-bond acceptors (Lipinski definition) is 2. The molecule has 2 heterocycles. The third-order valence-electron chi connectivity index (χ3n) is 4.60. The van der Waals surface area contributed by atoms with Crippen molar-refractivity contribution in [1.29, 1.82) is 0 Å². The Bertz CT molecular complexity index is 578. The Hall–Kier alpha value is -2.04. The van der Waals surface area contributed by atoms with Crippen LogP contribution in [0, 0.1) is 0 Å². The standard InChI is InChI=1S/C18H26N4O/c1-19-18(21-9-2-3-10-21)20-13-15-6-4-7-16(12-15)14-22-11-5-8-17(22)23/h4,6-7,12H,2-3,5,8-11,13-14H2,1H3,(H,19,20). The SMILES string of the molecule is CN=C(NCc1cccc(CN2CCCC2=O)c1)N1CCCC1. The second kappa shape index (κ2) is 7.49. The van der Waals surface area contributed by atoms with E-state index in [0.717, 1.165) is 45.1 Å². The highest BCUT2D eigenvalue weighted by Gasteiger charge is 2.20. The minimum Gasteiger partial charge on any atom is -0.352 e. The predicted molar refractivity (Wildman–Crippen MR) is 92.1 cm³/mol. The van der Waals surface area contributed by atoms with E-state index < -0.39 is 0 Å². The van der Waals surface area contributed by atoms with Crippen molar-refractivity contribution in [3.8, 4) is 0 Å². The Kier molecular flexibility index (Phi) is 5.16. The summed E-state index contributed by atoms with van der Waals surface area (Å²) >= 11 is 0. The number of likely N-dealkylation sites (tertiary alicyclic amines) is 2. The van der Waals surface area contributed by atoms with Gasteiger partial charge in [-0.3, -0.25) is 9.79 Å². The van der Waals surface area contributed by atoms with Gasteiger partial charge in [0, 0.05) is 46.2 Å². The molecule has 5 nitrogen and oxygen atoms in total. The zero-order chi connectivity index (χ0) is 16.1. The van der Waals surface area contributed by atoms with E-state index in [1.807, 2.05) is 11.9 Å². The predicted octanol–water partition coefficient (Wildman–Crippen LogP) is 1.98. The lowest BCUT2D eigenvalue weighted by molar-refractivity contribution is -0.128. The first-order valence-corrected chi connectivity index (χ1v) is 8.57. The first kappa shape index (κ1) is 15.8. The molecule has 5 heteroatoms. The number of aliphatic imine (C=N–C) groups is 1. The molecule has 2 saturated heterocycles. The lowest BCUT2D eigenvalue weighted by atomic mass is 10.1. The monoisotopic (exact) mass is 314 g/mol. The molecule has 2 fully saturated rings. The molecule has 0 radical (unpaired) electrons. The molecule has 0 spiro atoms. The van der Waals surface area contributed by atoms with Crippen LogP contribution in [0.1, 0.15) is 36.8 Å². The third kappa shape index (κ3) is 4.03. The van der Waals surface area contributed by atoms with Crippen molar-refractivity contribution in [2.24, 2.45) is 4.99 Å². The second-order valence-corrected chi connectivity index (χ2v) is 6.33. The number of benzene rings is 1. The zero-order valence-electron chi connectivity index (χ0n) is 13.9. The molecule has 1 N–H and O–H groups in total. The molecule has 0 aromatic heterocycles. The minimum absolute atomic E-state index is 0.281. The summed E-state index contributed by atoms with van der Waals surface area (Å²) in [5, 5.41) is 3.45. The Morgan fingerprint density at radius 1 is 1.17 bits per heavy atom. The first-order chi connectivity index (χ1) is 11.3. The molecular formula is C18H26N4O. The number of amides is 1. The molecule has 2 aliphatic heterocycles. The van der Waals surface area contributed by atoms with Crippen molar-refractivity contribution in [3.05, 3.63) is 35.4 Å². The fraction of sp³-hybridized carbons (Fsp3) is 0.556. The average molecular weight is 314 g/mol. The van der Waals surface area contributed by atoms with E-state index in [9.17, 15) is 4.79 Å². The van der Waals surface area contributed by atoms with Gasteiger partial charge in [-0.15, -0.1) is 0 Å². The molecule has 1 amide bonds. The molecule has 0 bridgehead atoms. The quantitative estimate of drug-likeness (QED) is 0.683. The Balaban J connectivity index is 1.57. The van der Waals surface area contributed by atoms with Crippen LogP contribution in [0.3, 0.4) is 0 Å². The number of rotatable bonds is 4. The van der Waals surface area contributed by atoms with Gasteiger partial charge in [0.15, 0.2) is 5.96 Å². The van der Waals surface area contributed by atoms with E-state index in [2.05, 4.69) is 39.5 Å². The van der Waals surface area contributed by atoms with E-state index in [0.29, 0.717) is 6.42 Å².